The van der Waals surface area contributed by atoms with Gasteiger partial charge in [0.15, 0.2) is 0 Å². The van der Waals surface area contributed by atoms with Gasteiger partial charge in [0.2, 0.25) is 0 Å². The normalized spacial score (nSPS) is 35.5. The van der Waals surface area contributed by atoms with Crippen molar-refractivity contribution in [3.63, 3.8) is 0 Å². The SMILES string of the molecule is CCNC1CCC(C)CC1CN1CCCC1CCCO. The number of rotatable bonds is 7. The zero-order valence-electron chi connectivity index (χ0n) is 13.5. The Hall–Kier alpha value is -0.120. The van der Waals surface area contributed by atoms with Gasteiger partial charge in [0.25, 0.3) is 0 Å². The van der Waals surface area contributed by atoms with Gasteiger partial charge in [0.1, 0.15) is 0 Å². The molecule has 2 fully saturated rings. The fourth-order valence-electron chi connectivity index (χ4n) is 4.32. The van der Waals surface area contributed by atoms with Gasteiger partial charge >= 0.3 is 0 Å². The largest absolute Gasteiger partial charge is 0.396 e. The third-order valence-corrected chi connectivity index (χ3v) is 5.37. The number of nitrogens with zero attached hydrogens (tertiary/aromatic N) is 1. The third kappa shape index (κ3) is 4.44. The monoisotopic (exact) mass is 282 g/mol. The van der Waals surface area contributed by atoms with Crippen LogP contribution in [-0.4, -0.2) is 48.3 Å². The van der Waals surface area contributed by atoms with Crippen LogP contribution in [0.3, 0.4) is 0 Å². The molecule has 1 aliphatic carbocycles. The maximum Gasteiger partial charge on any atom is 0.0431 e. The molecule has 3 heteroatoms. The van der Waals surface area contributed by atoms with Crippen LogP contribution >= 0.6 is 0 Å². The quantitative estimate of drug-likeness (QED) is 0.753. The molecule has 0 aromatic heterocycles. The molecule has 3 nitrogen and oxygen atoms in total. The van der Waals surface area contributed by atoms with Gasteiger partial charge in [-0.3, -0.25) is 0 Å². The minimum Gasteiger partial charge on any atom is -0.396 e. The maximum atomic E-state index is 9.05. The summed E-state index contributed by atoms with van der Waals surface area (Å²) in [6.07, 6.45) is 8.99. The fraction of sp³-hybridized carbons (Fsp3) is 1.00. The second-order valence-electron chi connectivity index (χ2n) is 7.00. The van der Waals surface area contributed by atoms with E-state index in [1.54, 1.807) is 0 Å². The molecule has 4 atom stereocenters. The van der Waals surface area contributed by atoms with E-state index in [4.69, 9.17) is 5.11 Å². The van der Waals surface area contributed by atoms with Crippen LogP contribution in [0, 0.1) is 11.8 Å². The fourth-order valence-corrected chi connectivity index (χ4v) is 4.32. The number of hydrogen-bond acceptors (Lipinski definition) is 3. The maximum absolute atomic E-state index is 9.05. The van der Waals surface area contributed by atoms with E-state index in [2.05, 4.69) is 24.1 Å². The van der Waals surface area contributed by atoms with Crippen molar-refractivity contribution in [1.82, 2.24) is 10.2 Å². The average molecular weight is 282 g/mol. The van der Waals surface area contributed by atoms with Crippen LogP contribution in [0.2, 0.25) is 0 Å². The van der Waals surface area contributed by atoms with E-state index in [-0.39, 0.29) is 0 Å². The van der Waals surface area contributed by atoms with Gasteiger partial charge in [-0.2, -0.15) is 0 Å². The van der Waals surface area contributed by atoms with Crippen molar-refractivity contribution in [3.05, 3.63) is 0 Å². The summed E-state index contributed by atoms with van der Waals surface area (Å²) in [6, 6.07) is 1.47. The molecule has 118 valence electrons. The Labute approximate surface area is 125 Å². The standard InChI is InChI=1S/C17H34N2O/c1-3-18-17-9-8-14(2)12-15(17)13-19-10-4-6-16(19)7-5-11-20/h14-18,20H,3-13H2,1-2H3. The van der Waals surface area contributed by atoms with Crippen molar-refractivity contribution in [1.29, 1.82) is 0 Å². The molecule has 2 aliphatic rings. The first-order valence-corrected chi connectivity index (χ1v) is 8.82. The van der Waals surface area contributed by atoms with E-state index in [1.807, 2.05) is 0 Å². The first kappa shape index (κ1) is 16.3. The predicted octanol–water partition coefficient (Wildman–Crippen LogP) is 2.64. The van der Waals surface area contributed by atoms with Crippen LogP contribution in [0.4, 0.5) is 0 Å². The van der Waals surface area contributed by atoms with Gasteiger partial charge in [-0.15, -0.1) is 0 Å². The van der Waals surface area contributed by atoms with E-state index in [9.17, 15) is 0 Å². The molecule has 0 aromatic carbocycles. The second kappa shape index (κ2) is 8.35. The molecule has 0 spiro atoms. The molecule has 0 aromatic rings. The number of nitrogens with one attached hydrogen (secondary N) is 1. The highest BCUT2D eigenvalue weighted by molar-refractivity contribution is 4.88. The molecule has 2 rings (SSSR count). The van der Waals surface area contributed by atoms with E-state index >= 15 is 0 Å². The van der Waals surface area contributed by atoms with E-state index < -0.39 is 0 Å². The smallest absolute Gasteiger partial charge is 0.0431 e. The summed E-state index contributed by atoms with van der Waals surface area (Å²) < 4.78 is 0. The predicted molar refractivity (Wildman–Crippen MR) is 84.9 cm³/mol. The number of hydrogen-bond donors (Lipinski definition) is 2. The van der Waals surface area contributed by atoms with Gasteiger partial charge in [-0.25, -0.2) is 0 Å². The molecule has 4 unspecified atom stereocenters. The lowest BCUT2D eigenvalue weighted by Gasteiger charge is -2.39. The second-order valence-corrected chi connectivity index (χ2v) is 7.00. The molecule has 1 saturated heterocycles. The lowest BCUT2D eigenvalue weighted by Crippen LogP contribution is -2.46. The summed E-state index contributed by atoms with van der Waals surface area (Å²) in [5.41, 5.74) is 0. The van der Waals surface area contributed by atoms with Gasteiger partial charge < -0.3 is 15.3 Å². The molecule has 0 bridgehead atoms. The molecule has 0 amide bonds. The molecule has 0 radical (unpaired) electrons. The van der Waals surface area contributed by atoms with Crippen molar-refractivity contribution in [2.75, 3.05) is 26.2 Å². The number of aliphatic hydroxyl groups is 1. The summed E-state index contributed by atoms with van der Waals surface area (Å²) in [4.78, 5) is 2.72. The van der Waals surface area contributed by atoms with Crippen molar-refractivity contribution in [2.24, 2.45) is 11.8 Å². The van der Waals surface area contributed by atoms with Crippen LogP contribution in [0.15, 0.2) is 0 Å². The highest BCUT2D eigenvalue weighted by Crippen LogP contribution is 2.32. The lowest BCUT2D eigenvalue weighted by molar-refractivity contribution is 0.130. The Balaban J connectivity index is 1.87. The molecule has 1 heterocycles. The van der Waals surface area contributed by atoms with E-state index in [0.29, 0.717) is 6.61 Å². The first-order valence-electron chi connectivity index (χ1n) is 8.82. The molecule has 2 N–H and O–H groups in total. The number of likely N-dealkylation sites (tertiary alicyclic amines) is 1. The van der Waals surface area contributed by atoms with Crippen molar-refractivity contribution in [3.8, 4) is 0 Å². The Kier molecular flexibility index (Phi) is 6.79. The van der Waals surface area contributed by atoms with Crippen LogP contribution in [-0.2, 0) is 0 Å². The zero-order chi connectivity index (χ0) is 14.4. The van der Waals surface area contributed by atoms with Crippen LogP contribution in [0.25, 0.3) is 0 Å². The van der Waals surface area contributed by atoms with Crippen LogP contribution < -0.4 is 5.32 Å². The van der Waals surface area contributed by atoms with E-state index in [0.717, 1.165) is 36.9 Å². The van der Waals surface area contributed by atoms with E-state index in [1.165, 1.54) is 51.6 Å². The summed E-state index contributed by atoms with van der Waals surface area (Å²) >= 11 is 0. The minimum atomic E-state index is 0.352. The third-order valence-electron chi connectivity index (χ3n) is 5.37. The van der Waals surface area contributed by atoms with Crippen LogP contribution in [0.5, 0.6) is 0 Å². The molecular formula is C17H34N2O. The Bertz CT molecular complexity index is 272. The van der Waals surface area contributed by atoms with Gasteiger partial charge in [0, 0.05) is 25.2 Å². The summed E-state index contributed by atoms with van der Waals surface area (Å²) in [6.45, 7) is 8.66. The Morgan fingerprint density at radius 1 is 1.25 bits per heavy atom. The van der Waals surface area contributed by atoms with Crippen molar-refractivity contribution < 1.29 is 5.11 Å². The highest BCUT2D eigenvalue weighted by Gasteiger charge is 2.32. The summed E-state index contributed by atoms with van der Waals surface area (Å²) in [5, 5.41) is 12.8. The Morgan fingerprint density at radius 3 is 2.85 bits per heavy atom. The number of aliphatic hydroxyl groups excluding tert-OH is 1. The van der Waals surface area contributed by atoms with Gasteiger partial charge in [0.05, 0.1) is 0 Å². The summed E-state index contributed by atoms with van der Waals surface area (Å²) in [5.74, 6) is 1.72. The molecule has 1 aliphatic heterocycles. The lowest BCUT2D eigenvalue weighted by atomic mass is 9.78. The average Bonchev–Trinajstić information content (AvgIpc) is 2.87. The minimum absolute atomic E-state index is 0.352. The topological polar surface area (TPSA) is 35.5 Å². The van der Waals surface area contributed by atoms with Gasteiger partial charge in [-0.05, 0) is 69.9 Å². The summed E-state index contributed by atoms with van der Waals surface area (Å²) in [7, 11) is 0. The van der Waals surface area contributed by atoms with Crippen molar-refractivity contribution in [2.45, 2.75) is 70.9 Å². The molecular weight excluding hydrogens is 248 g/mol. The first-order chi connectivity index (χ1) is 9.74. The Morgan fingerprint density at radius 2 is 2.10 bits per heavy atom. The molecule has 1 saturated carbocycles. The zero-order valence-corrected chi connectivity index (χ0v) is 13.5. The van der Waals surface area contributed by atoms with Crippen molar-refractivity contribution >= 4 is 0 Å². The molecule has 20 heavy (non-hydrogen) atoms. The van der Waals surface area contributed by atoms with Gasteiger partial charge in [-0.1, -0.05) is 13.8 Å². The highest BCUT2D eigenvalue weighted by atomic mass is 16.2. The van der Waals surface area contributed by atoms with Crippen LogP contribution in [0.1, 0.15) is 58.8 Å².